The minimum absolute atomic E-state index is 0.00288. The van der Waals surface area contributed by atoms with Crippen molar-refractivity contribution in [2.45, 2.75) is 56.7 Å². The van der Waals surface area contributed by atoms with E-state index < -0.39 is 46.9 Å². The summed E-state index contributed by atoms with van der Waals surface area (Å²) in [6.07, 6.45) is -0.608. The average Bonchev–Trinajstić information content (AvgIpc) is 2.99. The Morgan fingerprint density at radius 1 is 0.744 bits per heavy atom. The molecule has 43 heavy (non-hydrogen) atoms. The van der Waals surface area contributed by atoms with Crippen LogP contribution in [0.1, 0.15) is 42.7 Å². The quantitative estimate of drug-likeness (QED) is 0.206. The van der Waals surface area contributed by atoms with Crippen LogP contribution in [-0.2, 0) is 41.6 Å². The van der Waals surface area contributed by atoms with Crippen LogP contribution in [0.2, 0.25) is 0 Å². The Bertz CT molecular complexity index is 1330. The second kappa shape index (κ2) is 16.4. The van der Waals surface area contributed by atoms with E-state index in [2.05, 4.69) is 10.6 Å². The summed E-state index contributed by atoms with van der Waals surface area (Å²) < 4.78 is 15.9. The summed E-state index contributed by atoms with van der Waals surface area (Å²) in [6, 6.07) is 25.4. The standard InChI is InChI=1S/C33H38N2O7S/c1-33(2,3)42-32(39)35-26(20-23-14-8-5-9-15-23)29(36)34-27(30(37)40-4)22-43-28(25-18-12-7-13-19-25)31(38)41-21-24-16-10-6-11-17-24/h5-19,26-28H,20-22H2,1-4H3,(H,34,36)(H,35,39)/t26-,27-,28?/m0/s1. The maximum Gasteiger partial charge on any atom is 0.408 e. The third-order valence-corrected chi connectivity index (χ3v) is 7.39. The Morgan fingerprint density at radius 2 is 1.30 bits per heavy atom. The molecule has 0 heterocycles. The zero-order valence-electron chi connectivity index (χ0n) is 24.8. The fraction of sp³-hybridized carbons (Fsp3) is 0.333. The molecule has 3 rings (SSSR count). The highest BCUT2D eigenvalue weighted by molar-refractivity contribution is 8.00. The third kappa shape index (κ3) is 11.5. The van der Waals surface area contributed by atoms with Crippen molar-refractivity contribution in [2.24, 2.45) is 0 Å². The van der Waals surface area contributed by atoms with E-state index in [1.807, 2.05) is 78.9 Å². The normalized spacial score (nSPS) is 13.1. The summed E-state index contributed by atoms with van der Waals surface area (Å²) >= 11 is 1.15. The Labute approximate surface area is 256 Å². The molecule has 0 fully saturated rings. The molecule has 0 bridgehead atoms. The average molecular weight is 607 g/mol. The highest BCUT2D eigenvalue weighted by atomic mass is 32.2. The van der Waals surface area contributed by atoms with Gasteiger partial charge >= 0.3 is 18.0 Å². The highest BCUT2D eigenvalue weighted by Gasteiger charge is 2.31. The molecule has 10 heteroatoms. The van der Waals surface area contributed by atoms with Crippen molar-refractivity contribution in [3.05, 3.63) is 108 Å². The van der Waals surface area contributed by atoms with Crippen molar-refractivity contribution in [1.82, 2.24) is 10.6 Å². The number of ether oxygens (including phenoxy) is 3. The number of methoxy groups -OCH3 is 1. The van der Waals surface area contributed by atoms with Crippen LogP contribution in [0.5, 0.6) is 0 Å². The first-order valence-electron chi connectivity index (χ1n) is 13.8. The number of benzene rings is 3. The lowest BCUT2D eigenvalue weighted by atomic mass is 10.1. The van der Waals surface area contributed by atoms with E-state index in [9.17, 15) is 19.2 Å². The van der Waals surface area contributed by atoms with E-state index in [1.54, 1.807) is 32.9 Å². The number of carbonyl (C=O) groups is 4. The number of amides is 2. The van der Waals surface area contributed by atoms with Gasteiger partial charge in [0.25, 0.3) is 0 Å². The van der Waals surface area contributed by atoms with E-state index in [0.29, 0.717) is 5.56 Å². The molecule has 0 aliphatic rings. The van der Waals surface area contributed by atoms with Crippen molar-refractivity contribution in [2.75, 3.05) is 12.9 Å². The molecule has 0 saturated heterocycles. The lowest BCUT2D eigenvalue weighted by Gasteiger charge is -2.25. The molecule has 3 aromatic rings. The summed E-state index contributed by atoms with van der Waals surface area (Å²) in [5.41, 5.74) is 1.56. The lowest BCUT2D eigenvalue weighted by molar-refractivity contribution is -0.145. The maximum atomic E-state index is 13.5. The summed E-state index contributed by atoms with van der Waals surface area (Å²) in [5, 5.41) is 4.55. The highest BCUT2D eigenvalue weighted by Crippen LogP contribution is 2.31. The molecule has 0 aromatic heterocycles. The number of alkyl carbamates (subject to hydrolysis) is 1. The van der Waals surface area contributed by atoms with Crippen molar-refractivity contribution >= 4 is 35.7 Å². The minimum Gasteiger partial charge on any atom is -0.467 e. The molecule has 9 nitrogen and oxygen atoms in total. The van der Waals surface area contributed by atoms with Crippen molar-refractivity contribution in [3.8, 4) is 0 Å². The number of thioether (sulfide) groups is 1. The summed E-state index contributed by atoms with van der Waals surface area (Å²) in [4.78, 5) is 52.1. The molecular formula is C33H38N2O7S. The van der Waals surface area contributed by atoms with Gasteiger partial charge in [-0.05, 0) is 37.5 Å². The first-order chi connectivity index (χ1) is 20.6. The van der Waals surface area contributed by atoms with E-state index in [-0.39, 0.29) is 18.8 Å². The molecule has 0 saturated carbocycles. The van der Waals surface area contributed by atoms with Gasteiger partial charge in [0.2, 0.25) is 5.91 Å². The van der Waals surface area contributed by atoms with Crippen LogP contribution < -0.4 is 10.6 Å². The Balaban J connectivity index is 1.75. The van der Waals surface area contributed by atoms with Crippen LogP contribution in [0.3, 0.4) is 0 Å². The first kappa shape index (κ1) is 33.2. The number of rotatable bonds is 13. The monoisotopic (exact) mass is 606 g/mol. The van der Waals surface area contributed by atoms with Crippen LogP contribution in [0.4, 0.5) is 4.79 Å². The second-order valence-electron chi connectivity index (χ2n) is 10.7. The zero-order valence-corrected chi connectivity index (χ0v) is 25.6. The zero-order chi connectivity index (χ0) is 31.2. The van der Waals surface area contributed by atoms with E-state index >= 15 is 0 Å². The Hall–Kier alpha value is -4.31. The summed E-state index contributed by atoms with van der Waals surface area (Å²) in [7, 11) is 1.22. The molecule has 0 aliphatic carbocycles. The van der Waals surface area contributed by atoms with Gasteiger partial charge in [0.05, 0.1) is 7.11 Å². The van der Waals surface area contributed by atoms with E-state index in [0.717, 1.165) is 22.9 Å². The van der Waals surface area contributed by atoms with Gasteiger partial charge in [-0.25, -0.2) is 9.59 Å². The Kier molecular flexibility index (Phi) is 12.6. The molecule has 3 atom stereocenters. The van der Waals surface area contributed by atoms with Gasteiger partial charge in [-0.15, -0.1) is 11.8 Å². The number of hydrogen-bond acceptors (Lipinski definition) is 8. The topological polar surface area (TPSA) is 120 Å². The molecule has 0 radical (unpaired) electrons. The van der Waals surface area contributed by atoms with Gasteiger partial charge in [0, 0.05) is 12.2 Å². The summed E-state index contributed by atoms with van der Waals surface area (Å²) in [5.74, 6) is -1.78. The molecule has 0 spiro atoms. The number of hydrogen-bond donors (Lipinski definition) is 2. The maximum absolute atomic E-state index is 13.5. The predicted octanol–water partition coefficient (Wildman–Crippen LogP) is 5.00. The number of carbonyl (C=O) groups excluding carboxylic acids is 4. The molecular weight excluding hydrogens is 568 g/mol. The smallest absolute Gasteiger partial charge is 0.408 e. The fourth-order valence-corrected chi connectivity index (χ4v) is 5.18. The lowest BCUT2D eigenvalue weighted by Crippen LogP contribution is -2.54. The van der Waals surface area contributed by atoms with Crippen LogP contribution in [0.25, 0.3) is 0 Å². The molecule has 2 amide bonds. The molecule has 2 N–H and O–H groups in total. The van der Waals surface area contributed by atoms with Crippen molar-refractivity contribution in [1.29, 1.82) is 0 Å². The molecule has 0 aliphatic heterocycles. The number of esters is 2. The summed E-state index contributed by atoms with van der Waals surface area (Å²) in [6.45, 7) is 5.25. The predicted molar refractivity (Wildman–Crippen MR) is 165 cm³/mol. The SMILES string of the molecule is COC(=O)[C@H](CSC(C(=O)OCc1ccccc1)c1ccccc1)NC(=O)[C@H](Cc1ccccc1)NC(=O)OC(C)(C)C. The largest absolute Gasteiger partial charge is 0.467 e. The van der Waals surface area contributed by atoms with Gasteiger partial charge in [-0.1, -0.05) is 91.0 Å². The molecule has 3 aromatic carbocycles. The minimum atomic E-state index is -1.12. The van der Waals surface area contributed by atoms with Crippen LogP contribution in [-0.4, -0.2) is 54.5 Å². The second-order valence-corrected chi connectivity index (χ2v) is 11.8. The van der Waals surface area contributed by atoms with E-state index in [1.165, 1.54) is 7.11 Å². The van der Waals surface area contributed by atoms with Gasteiger partial charge in [0.1, 0.15) is 29.5 Å². The van der Waals surface area contributed by atoms with Crippen molar-refractivity contribution < 1.29 is 33.4 Å². The van der Waals surface area contributed by atoms with Crippen LogP contribution >= 0.6 is 11.8 Å². The first-order valence-corrected chi connectivity index (χ1v) is 14.9. The number of nitrogens with one attached hydrogen (secondary N) is 2. The van der Waals surface area contributed by atoms with Crippen molar-refractivity contribution in [3.63, 3.8) is 0 Å². The van der Waals surface area contributed by atoms with Crippen LogP contribution in [0, 0.1) is 0 Å². The van der Waals surface area contributed by atoms with Gasteiger partial charge in [-0.2, -0.15) is 0 Å². The van der Waals surface area contributed by atoms with Gasteiger partial charge < -0.3 is 24.8 Å². The van der Waals surface area contributed by atoms with Gasteiger partial charge in [-0.3, -0.25) is 9.59 Å². The molecule has 1 unspecified atom stereocenters. The molecule has 228 valence electrons. The van der Waals surface area contributed by atoms with E-state index in [4.69, 9.17) is 14.2 Å². The fourth-order valence-electron chi connectivity index (χ4n) is 4.02. The van der Waals surface area contributed by atoms with Gasteiger partial charge in [0.15, 0.2) is 0 Å². The third-order valence-electron chi connectivity index (χ3n) is 6.06. The van der Waals surface area contributed by atoms with Crippen LogP contribution in [0.15, 0.2) is 91.0 Å². The Morgan fingerprint density at radius 3 is 1.86 bits per heavy atom.